The Morgan fingerprint density at radius 1 is 1.20 bits per heavy atom. The molecular formula is C16H21NO3. The molecule has 1 heterocycles. The maximum atomic E-state index is 12.0. The second-order valence-corrected chi connectivity index (χ2v) is 5.37. The van der Waals surface area contributed by atoms with Gasteiger partial charge in [-0.25, -0.2) is 0 Å². The standard InChI is InChI=1S/C16H21NO3/c1-12-3-5-15(6-4-12)20-11-16(19)17-9-7-14(8-10-17)13(2)18/h3-6,14H,7-11H2,1-2H3. The molecular weight excluding hydrogens is 254 g/mol. The summed E-state index contributed by atoms with van der Waals surface area (Å²) in [6.07, 6.45) is 1.54. The normalized spacial score (nSPS) is 16.0. The predicted octanol–water partition coefficient (Wildman–Crippen LogP) is 2.20. The number of aryl methyl sites for hydroxylation is 1. The van der Waals surface area contributed by atoms with Crippen LogP contribution in [0.1, 0.15) is 25.3 Å². The van der Waals surface area contributed by atoms with Gasteiger partial charge in [0.2, 0.25) is 0 Å². The molecule has 1 aromatic rings. The van der Waals surface area contributed by atoms with Crippen molar-refractivity contribution in [2.75, 3.05) is 19.7 Å². The molecule has 2 rings (SSSR count). The van der Waals surface area contributed by atoms with Gasteiger partial charge in [-0.3, -0.25) is 9.59 Å². The maximum Gasteiger partial charge on any atom is 0.260 e. The highest BCUT2D eigenvalue weighted by atomic mass is 16.5. The molecule has 108 valence electrons. The van der Waals surface area contributed by atoms with Gasteiger partial charge in [0.15, 0.2) is 6.61 Å². The lowest BCUT2D eigenvalue weighted by Gasteiger charge is -2.30. The van der Waals surface area contributed by atoms with Crippen molar-refractivity contribution >= 4 is 11.7 Å². The molecule has 1 aliphatic rings. The molecule has 0 bridgehead atoms. The molecule has 0 N–H and O–H groups in total. The van der Waals surface area contributed by atoms with Gasteiger partial charge < -0.3 is 9.64 Å². The van der Waals surface area contributed by atoms with E-state index in [0.29, 0.717) is 18.8 Å². The van der Waals surface area contributed by atoms with Crippen LogP contribution in [0, 0.1) is 12.8 Å². The number of piperidine rings is 1. The Morgan fingerprint density at radius 3 is 2.35 bits per heavy atom. The Balaban J connectivity index is 1.78. The average Bonchev–Trinajstić information content (AvgIpc) is 2.46. The number of carbonyl (C=O) groups excluding carboxylic acids is 2. The van der Waals surface area contributed by atoms with Gasteiger partial charge in [0.25, 0.3) is 5.91 Å². The van der Waals surface area contributed by atoms with Gasteiger partial charge in [0.05, 0.1) is 0 Å². The number of hydrogen-bond acceptors (Lipinski definition) is 3. The third-order valence-corrected chi connectivity index (χ3v) is 3.81. The molecule has 0 saturated carbocycles. The minimum absolute atomic E-state index is 0.00687. The van der Waals surface area contributed by atoms with E-state index in [-0.39, 0.29) is 24.2 Å². The largest absolute Gasteiger partial charge is 0.484 e. The Morgan fingerprint density at radius 2 is 1.80 bits per heavy atom. The molecule has 1 amide bonds. The molecule has 4 nitrogen and oxygen atoms in total. The highest BCUT2D eigenvalue weighted by Crippen LogP contribution is 2.18. The van der Waals surface area contributed by atoms with Gasteiger partial charge in [-0.2, -0.15) is 0 Å². The van der Waals surface area contributed by atoms with Crippen LogP contribution in [0.3, 0.4) is 0 Å². The van der Waals surface area contributed by atoms with Crippen molar-refractivity contribution in [1.82, 2.24) is 4.90 Å². The van der Waals surface area contributed by atoms with E-state index in [2.05, 4.69) is 0 Å². The summed E-state index contributed by atoms with van der Waals surface area (Å²) in [5.74, 6) is 1.06. The number of likely N-dealkylation sites (tertiary alicyclic amines) is 1. The summed E-state index contributed by atoms with van der Waals surface area (Å²) in [4.78, 5) is 25.1. The number of amides is 1. The third-order valence-electron chi connectivity index (χ3n) is 3.81. The number of ketones is 1. The first-order chi connectivity index (χ1) is 9.56. The van der Waals surface area contributed by atoms with Crippen LogP contribution in [-0.4, -0.2) is 36.3 Å². The Bertz CT molecular complexity index is 473. The Labute approximate surface area is 119 Å². The zero-order valence-corrected chi connectivity index (χ0v) is 12.1. The van der Waals surface area contributed by atoms with E-state index in [1.165, 1.54) is 0 Å². The van der Waals surface area contributed by atoms with Crippen molar-refractivity contribution in [2.24, 2.45) is 5.92 Å². The molecule has 0 aromatic heterocycles. The summed E-state index contributed by atoms with van der Waals surface area (Å²) < 4.78 is 5.49. The van der Waals surface area contributed by atoms with Gasteiger partial charge in [-0.15, -0.1) is 0 Å². The van der Waals surface area contributed by atoms with Crippen molar-refractivity contribution < 1.29 is 14.3 Å². The minimum atomic E-state index is -0.00687. The summed E-state index contributed by atoms with van der Waals surface area (Å²) in [6.45, 7) is 5.01. The molecule has 4 heteroatoms. The third kappa shape index (κ3) is 3.83. The summed E-state index contributed by atoms with van der Waals surface area (Å²) in [6, 6.07) is 7.64. The number of ether oxygens (including phenoxy) is 1. The average molecular weight is 275 g/mol. The molecule has 20 heavy (non-hydrogen) atoms. The van der Waals surface area contributed by atoms with Crippen molar-refractivity contribution in [3.63, 3.8) is 0 Å². The second kappa shape index (κ2) is 6.55. The van der Waals surface area contributed by atoms with E-state index < -0.39 is 0 Å². The SMILES string of the molecule is CC(=O)C1CCN(C(=O)COc2ccc(C)cc2)CC1. The fourth-order valence-electron chi connectivity index (χ4n) is 2.41. The highest BCUT2D eigenvalue weighted by Gasteiger charge is 2.25. The van der Waals surface area contributed by atoms with E-state index in [9.17, 15) is 9.59 Å². The van der Waals surface area contributed by atoms with E-state index in [1.807, 2.05) is 31.2 Å². The first-order valence-electron chi connectivity index (χ1n) is 7.04. The van der Waals surface area contributed by atoms with Crippen LogP contribution < -0.4 is 4.74 Å². The number of rotatable bonds is 4. The number of benzene rings is 1. The van der Waals surface area contributed by atoms with E-state index in [0.717, 1.165) is 18.4 Å². The van der Waals surface area contributed by atoms with Crippen LogP contribution in [0.15, 0.2) is 24.3 Å². The topological polar surface area (TPSA) is 46.6 Å². The van der Waals surface area contributed by atoms with Gasteiger partial charge in [-0.1, -0.05) is 17.7 Å². The van der Waals surface area contributed by atoms with Gasteiger partial charge in [0, 0.05) is 19.0 Å². The Hall–Kier alpha value is -1.84. The van der Waals surface area contributed by atoms with E-state index in [4.69, 9.17) is 4.74 Å². The molecule has 0 unspecified atom stereocenters. The van der Waals surface area contributed by atoms with E-state index in [1.54, 1.807) is 11.8 Å². The van der Waals surface area contributed by atoms with Gasteiger partial charge >= 0.3 is 0 Å². The fraction of sp³-hybridized carbons (Fsp3) is 0.500. The smallest absolute Gasteiger partial charge is 0.260 e. The lowest BCUT2D eigenvalue weighted by Crippen LogP contribution is -2.42. The van der Waals surface area contributed by atoms with Crippen LogP contribution >= 0.6 is 0 Å². The number of Topliss-reactive ketones (excluding diaryl/α,β-unsaturated/α-hetero) is 1. The lowest BCUT2D eigenvalue weighted by atomic mass is 9.93. The molecule has 0 atom stereocenters. The molecule has 1 fully saturated rings. The van der Waals surface area contributed by atoms with Gasteiger partial charge in [0.1, 0.15) is 11.5 Å². The van der Waals surface area contributed by atoms with Gasteiger partial charge in [-0.05, 0) is 38.8 Å². The lowest BCUT2D eigenvalue weighted by molar-refractivity contribution is -0.136. The van der Waals surface area contributed by atoms with E-state index >= 15 is 0 Å². The number of hydrogen-bond donors (Lipinski definition) is 0. The highest BCUT2D eigenvalue weighted by molar-refractivity contribution is 5.80. The summed E-state index contributed by atoms with van der Waals surface area (Å²) >= 11 is 0. The van der Waals surface area contributed by atoms with Crippen molar-refractivity contribution in [1.29, 1.82) is 0 Å². The fourth-order valence-corrected chi connectivity index (χ4v) is 2.41. The first kappa shape index (κ1) is 14.6. The number of carbonyl (C=O) groups is 2. The van der Waals surface area contributed by atoms with Crippen LogP contribution in [0.5, 0.6) is 5.75 Å². The number of nitrogens with zero attached hydrogens (tertiary/aromatic N) is 1. The van der Waals surface area contributed by atoms with Crippen molar-refractivity contribution in [3.05, 3.63) is 29.8 Å². The predicted molar refractivity (Wildman–Crippen MR) is 76.7 cm³/mol. The quantitative estimate of drug-likeness (QED) is 0.846. The summed E-state index contributed by atoms with van der Waals surface area (Å²) in [5, 5.41) is 0. The van der Waals surface area contributed by atoms with Crippen LogP contribution in [0.4, 0.5) is 0 Å². The van der Waals surface area contributed by atoms with Crippen LogP contribution in [0.2, 0.25) is 0 Å². The zero-order chi connectivity index (χ0) is 14.5. The van der Waals surface area contributed by atoms with Crippen LogP contribution in [-0.2, 0) is 9.59 Å². The van der Waals surface area contributed by atoms with Crippen LogP contribution in [0.25, 0.3) is 0 Å². The summed E-state index contributed by atoms with van der Waals surface area (Å²) in [7, 11) is 0. The first-order valence-corrected chi connectivity index (χ1v) is 7.04. The molecule has 1 saturated heterocycles. The molecule has 0 radical (unpaired) electrons. The maximum absolute atomic E-state index is 12.0. The molecule has 1 aliphatic heterocycles. The summed E-state index contributed by atoms with van der Waals surface area (Å²) in [5.41, 5.74) is 1.16. The molecule has 0 spiro atoms. The Kier molecular flexibility index (Phi) is 4.77. The molecule has 1 aromatic carbocycles. The molecule has 0 aliphatic carbocycles. The van der Waals surface area contributed by atoms with Crippen molar-refractivity contribution in [2.45, 2.75) is 26.7 Å². The second-order valence-electron chi connectivity index (χ2n) is 5.37. The zero-order valence-electron chi connectivity index (χ0n) is 12.1. The monoisotopic (exact) mass is 275 g/mol. The minimum Gasteiger partial charge on any atom is -0.484 e. The van der Waals surface area contributed by atoms with Crippen molar-refractivity contribution in [3.8, 4) is 5.75 Å².